The highest BCUT2D eigenvalue weighted by atomic mass is 19.1. The Morgan fingerprint density at radius 2 is 1.96 bits per heavy atom. The van der Waals surface area contributed by atoms with Gasteiger partial charge in [0.1, 0.15) is 5.75 Å². The van der Waals surface area contributed by atoms with Crippen LogP contribution in [0.2, 0.25) is 0 Å². The van der Waals surface area contributed by atoms with Gasteiger partial charge in [-0.1, -0.05) is 24.3 Å². The third-order valence-corrected chi connectivity index (χ3v) is 5.85. The lowest BCUT2D eigenvalue weighted by Gasteiger charge is -2.44. The summed E-state index contributed by atoms with van der Waals surface area (Å²) in [6.45, 7) is 0. The van der Waals surface area contributed by atoms with Crippen molar-refractivity contribution in [2.75, 3.05) is 7.11 Å². The van der Waals surface area contributed by atoms with Gasteiger partial charge in [-0.15, -0.1) is 0 Å². The van der Waals surface area contributed by atoms with E-state index in [1.54, 1.807) is 19.2 Å². The second-order valence-electron chi connectivity index (χ2n) is 7.46. The summed E-state index contributed by atoms with van der Waals surface area (Å²) in [5.74, 6) is 0.0954. The number of aliphatic hydroxyl groups is 1. The van der Waals surface area contributed by atoms with Crippen LogP contribution < -0.4 is 4.74 Å². The molecule has 2 unspecified atom stereocenters. The molecule has 1 amide bonds. The SMILES string of the molecule is COc1ccccc1CC(=O)N1C2CCC1CC(O)(c1cccnc1F)C2. The maximum Gasteiger partial charge on any atom is 0.227 e. The van der Waals surface area contributed by atoms with Gasteiger partial charge in [0.2, 0.25) is 11.9 Å². The first-order valence-corrected chi connectivity index (χ1v) is 9.28. The Balaban J connectivity index is 1.54. The van der Waals surface area contributed by atoms with Crippen molar-refractivity contribution in [2.45, 2.75) is 49.8 Å². The van der Waals surface area contributed by atoms with Crippen molar-refractivity contribution >= 4 is 5.91 Å². The topological polar surface area (TPSA) is 62.7 Å². The number of hydrogen-bond donors (Lipinski definition) is 1. The fourth-order valence-corrected chi connectivity index (χ4v) is 4.69. The number of halogens is 1. The van der Waals surface area contributed by atoms with Crippen LogP contribution in [0.25, 0.3) is 0 Å². The standard InChI is InChI=1S/C21H23FN2O3/c1-27-18-7-3-2-5-14(18)11-19(25)24-15-8-9-16(24)13-21(26,12-15)17-6-4-10-23-20(17)22/h2-7,10,15-16,26H,8-9,11-13H2,1H3. The number of para-hydroxylation sites is 1. The predicted molar refractivity (Wildman–Crippen MR) is 97.7 cm³/mol. The number of rotatable bonds is 4. The number of amides is 1. The Morgan fingerprint density at radius 1 is 1.26 bits per heavy atom. The van der Waals surface area contributed by atoms with Crippen LogP contribution in [0.4, 0.5) is 4.39 Å². The number of hydrogen-bond acceptors (Lipinski definition) is 4. The second kappa shape index (κ2) is 6.93. The van der Waals surface area contributed by atoms with Crippen LogP contribution in [-0.4, -0.2) is 40.1 Å². The Morgan fingerprint density at radius 3 is 2.63 bits per heavy atom. The minimum atomic E-state index is -1.27. The molecule has 2 aliphatic heterocycles. The molecule has 6 heteroatoms. The average Bonchev–Trinajstić information content (AvgIpc) is 2.95. The molecule has 2 saturated heterocycles. The van der Waals surface area contributed by atoms with Crippen LogP contribution in [0.15, 0.2) is 42.6 Å². The number of methoxy groups -OCH3 is 1. The number of fused-ring (bicyclic) bond motifs is 2. The van der Waals surface area contributed by atoms with Crippen molar-refractivity contribution < 1.29 is 19.0 Å². The Kier molecular flexibility index (Phi) is 4.60. The molecule has 5 nitrogen and oxygen atoms in total. The first-order valence-electron chi connectivity index (χ1n) is 9.28. The summed E-state index contributed by atoms with van der Waals surface area (Å²) in [6, 6.07) is 10.6. The summed E-state index contributed by atoms with van der Waals surface area (Å²) in [5, 5.41) is 11.1. The van der Waals surface area contributed by atoms with Crippen LogP contribution in [0.5, 0.6) is 5.75 Å². The highest BCUT2D eigenvalue weighted by Crippen LogP contribution is 2.46. The molecule has 0 saturated carbocycles. The Bertz CT molecular complexity index is 843. The summed E-state index contributed by atoms with van der Waals surface area (Å²) in [6.07, 6.45) is 3.96. The summed E-state index contributed by atoms with van der Waals surface area (Å²) >= 11 is 0. The van der Waals surface area contributed by atoms with Crippen molar-refractivity contribution in [3.8, 4) is 5.75 Å². The normalized spacial score (nSPS) is 26.9. The third kappa shape index (κ3) is 3.18. The molecule has 2 fully saturated rings. The van der Waals surface area contributed by atoms with Gasteiger partial charge in [-0.05, 0) is 25.0 Å². The van der Waals surface area contributed by atoms with E-state index in [9.17, 15) is 14.3 Å². The third-order valence-electron chi connectivity index (χ3n) is 5.85. The maximum absolute atomic E-state index is 14.2. The van der Waals surface area contributed by atoms with E-state index < -0.39 is 11.5 Å². The number of piperidine rings is 1. The van der Waals surface area contributed by atoms with Gasteiger partial charge >= 0.3 is 0 Å². The molecule has 4 rings (SSSR count). The smallest absolute Gasteiger partial charge is 0.227 e. The molecule has 1 N–H and O–H groups in total. The van der Waals surface area contributed by atoms with Gasteiger partial charge in [0.25, 0.3) is 0 Å². The zero-order chi connectivity index (χ0) is 19.0. The van der Waals surface area contributed by atoms with Gasteiger partial charge in [-0.25, -0.2) is 4.98 Å². The number of ether oxygens (including phenoxy) is 1. The molecule has 0 aliphatic carbocycles. The van der Waals surface area contributed by atoms with E-state index >= 15 is 0 Å². The quantitative estimate of drug-likeness (QED) is 0.841. The zero-order valence-electron chi connectivity index (χ0n) is 15.3. The van der Waals surface area contributed by atoms with Crippen molar-refractivity contribution in [3.05, 3.63) is 59.7 Å². The lowest BCUT2D eigenvalue weighted by atomic mass is 9.80. The highest BCUT2D eigenvalue weighted by molar-refractivity contribution is 5.80. The number of benzene rings is 1. The van der Waals surface area contributed by atoms with Gasteiger partial charge in [0.15, 0.2) is 0 Å². The fraction of sp³-hybridized carbons (Fsp3) is 0.429. The molecule has 2 aromatic rings. The zero-order valence-corrected chi connectivity index (χ0v) is 15.3. The molecule has 2 aliphatic rings. The fourth-order valence-electron chi connectivity index (χ4n) is 4.69. The van der Waals surface area contributed by atoms with Gasteiger partial charge in [0, 0.05) is 42.2 Å². The van der Waals surface area contributed by atoms with E-state index in [1.807, 2.05) is 29.2 Å². The van der Waals surface area contributed by atoms with E-state index in [0.717, 1.165) is 18.4 Å². The molecule has 142 valence electrons. The first-order chi connectivity index (χ1) is 13.0. The summed E-state index contributed by atoms with van der Waals surface area (Å²) in [4.78, 5) is 18.6. The minimum Gasteiger partial charge on any atom is -0.496 e. The number of pyridine rings is 1. The van der Waals surface area contributed by atoms with Crippen molar-refractivity contribution in [1.82, 2.24) is 9.88 Å². The molecule has 27 heavy (non-hydrogen) atoms. The van der Waals surface area contributed by atoms with Crippen molar-refractivity contribution in [3.63, 3.8) is 0 Å². The van der Waals surface area contributed by atoms with Crippen LogP contribution in [-0.2, 0) is 16.8 Å². The lowest BCUT2D eigenvalue weighted by molar-refractivity contribution is -0.141. The Hall–Kier alpha value is -2.47. The van der Waals surface area contributed by atoms with Crippen LogP contribution in [0, 0.1) is 5.95 Å². The van der Waals surface area contributed by atoms with Gasteiger partial charge < -0.3 is 14.7 Å². The number of nitrogens with zero attached hydrogens (tertiary/aromatic N) is 2. The highest BCUT2D eigenvalue weighted by Gasteiger charge is 2.50. The van der Waals surface area contributed by atoms with Crippen molar-refractivity contribution in [2.24, 2.45) is 0 Å². The van der Waals surface area contributed by atoms with Crippen LogP contribution in [0.3, 0.4) is 0 Å². The molecule has 2 bridgehead atoms. The molecule has 3 heterocycles. The van der Waals surface area contributed by atoms with Gasteiger partial charge in [-0.3, -0.25) is 4.79 Å². The average molecular weight is 370 g/mol. The first kappa shape index (κ1) is 17.9. The van der Waals surface area contributed by atoms with E-state index in [1.165, 1.54) is 6.20 Å². The number of carbonyl (C=O) groups is 1. The molecule has 0 spiro atoms. The molecular weight excluding hydrogens is 347 g/mol. The molecule has 1 aromatic heterocycles. The molecule has 0 radical (unpaired) electrons. The molecule has 1 aromatic carbocycles. The van der Waals surface area contributed by atoms with E-state index in [0.29, 0.717) is 18.6 Å². The number of carbonyl (C=O) groups excluding carboxylic acids is 1. The summed E-state index contributed by atoms with van der Waals surface area (Å²) in [5.41, 5.74) is -0.187. The maximum atomic E-state index is 14.2. The molecule has 2 atom stereocenters. The summed E-state index contributed by atoms with van der Waals surface area (Å²) < 4.78 is 19.5. The summed E-state index contributed by atoms with van der Waals surface area (Å²) in [7, 11) is 1.59. The molecular formula is C21H23FN2O3. The Labute approximate surface area is 157 Å². The van der Waals surface area contributed by atoms with Crippen LogP contribution in [0.1, 0.15) is 36.8 Å². The van der Waals surface area contributed by atoms with Crippen LogP contribution >= 0.6 is 0 Å². The van der Waals surface area contributed by atoms with E-state index in [2.05, 4.69) is 4.98 Å². The van der Waals surface area contributed by atoms with E-state index in [4.69, 9.17) is 4.74 Å². The second-order valence-corrected chi connectivity index (χ2v) is 7.46. The van der Waals surface area contributed by atoms with Crippen molar-refractivity contribution in [1.29, 1.82) is 0 Å². The predicted octanol–water partition coefficient (Wildman–Crippen LogP) is 2.81. The minimum absolute atomic E-state index is 0.0284. The van der Waals surface area contributed by atoms with Gasteiger partial charge in [-0.2, -0.15) is 4.39 Å². The monoisotopic (exact) mass is 370 g/mol. The lowest BCUT2D eigenvalue weighted by Crippen LogP contribution is -2.52. The van der Waals surface area contributed by atoms with Gasteiger partial charge in [0.05, 0.1) is 19.1 Å². The van der Waals surface area contributed by atoms with E-state index in [-0.39, 0.29) is 30.0 Å². The number of aromatic nitrogens is 1. The largest absolute Gasteiger partial charge is 0.496 e.